The lowest BCUT2D eigenvalue weighted by Gasteiger charge is -2.11. The molecule has 3 rings (SSSR count). The number of rotatable bonds is 5. The molecule has 0 amide bonds. The lowest BCUT2D eigenvalue weighted by Crippen LogP contribution is -2.25. The van der Waals surface area contributed by atoms with Gasteiger partial charge in [-0.3, -0.25) is 4.98 Å². The van der Waals surface area contributed by atoms with Gasteiger partial charge in [0.1, 0.15) is 5.69 Å². The summed E-state index contributed by atoms with van der Waals surface area (Å²) in [6.45, 7) is 1.64. The van der Waals surface area contributed by atoms with E-state index in [1.807, 2.05) is 0 Å². The summed E-state index contributed by atoms with van der Waals surface area (Å²) in [5.74, 6) is 0.524. The Balaban J connectivity index is 1.88. The molecule has 0 spiro atoms. The summed E-state index contributed by atoms with van der Waals surface area (Å²) in [5.41, 5.74) is 1.46. The van der Waals surface area contributed by atoms with Gasteiger partial charge in [-0.25, -0.2) is 18.1 Å². The maximum Gasteiger partial charge on any atom is 0.241 e. The topological polar surface area (TPSA) is 85.1 Å². The first-order valence-electron chi connectivity index (χ1n) is 7.07. The summed E-state index contributed by atoms with van der Waals surface area (Å²) in [4.78, 5) is 8.55. The fourth-order valence-corrected chi connectivity index (χ4v) is 3.72. The zero-order chi connectivity index (χ0) is 17.2. The van der Waals surface area contributed by atoms with Crippen molar-refractivity contribution in [3.05, 3.63) is 65.3 Å². The molecule has 2 aromatic heterocycles. The molecule has 8 heteroatoms. The molecule has 0 aliphatic heterocycles. The summed E-state index contributed by atoms with van der Waals surface area (Å²) in [6, 6.07) is 8.22. The molecule has 0 saturated carbocycles. The van der Waals surface area contributed by atoms with Crippen LogP contribution in [0.1, 0.15) is 11.3 Å². The Kier molecular flexibility index (Phi) is 4.66. The molecule has 0 bridgehead atoms. The van der Waals surface area contributed by atoms with Gasteiger partial charge < -0.3 is 4.42 Å². The SMILES string of the molecule is Cc1c(Cl)cccc1S(=O)(=O)NCc1nccnc1-c1ccco1. The van der Waals surface area contributed by atoms with Crippen LogP contribution in [0, 0.1) is 6.92 Å². The highest BCUT2D eigenvalue weighted by Gasteiger charge is 2.19. The van der Waals surface area contributed by atoms with Crippen molar-refractivity contribution in [2.45, 2.75) is 18.4 Å². The van der Waals surface area contributed by atoms with Gasteiger partial charge in [-0.05, 0) is 36.8 Å². The first kappa shape index (κ1) is 16.6. The van der Waals surface area contributed by atoms with E-state index in [0.717, 1.165) is 0 Å². The maximum atomic E-state index is 12.5. The van der Waals surface area contributed by atoms with Crippen LogP contribution in [0.2, 0.25) is 5.02 Å². The Hall–Kier alpha value is -2.22. The molecule has 124 valence electrons. The Morgan fingerprint density at radius 3 is 2.71 bits per heavy atom. The van der Waals surface area contributed by atoms with Crippen molar-refractivity contribution < 1.29 is 12.8 Å². The molecule has 6 nitrogen and oxygen atoms in total. The third-order valence-electron chi connectivity index (χ3n) is 3.47. The summed E-state index contributed by atoms with van der Waals surface area (Å²) in [5, 5.41) is 0.397. The number of hydrogen-bond donors (Lipinski definition) is 1. The van der Waals surface area contributed by atoms with Crippen LogP contribution < -0.4 is 4.72 Å². The standard InChI is InChI=1S/C16H14ClN3O3S/c1-11-12(17)4-2-6-15(11)24(21,22)20-10-13-16(19-8-7-18-13)14-5-3-9-23-14/h2-9,20H,10H2,1H3. The third-order valence-corrected chi connectivity index (χ3v) is 5.42. The quantitative estimate of drug-likeness (QED) is 0.752. The predicted molar refractivity (Wildman–Crippen MR) is 89.9 cm³/mol. The molecule has 1 N–H and O–H groups in total. The van der Waals surface area contributed by atoms with Crippen LogP contribution in [0.25, 0.3) is 11.5 Å². The van der Waals surface area contributed by atoms with E-state index in [0.29, 0.717) is 27.7 Å². The zero-order valence-electron chi connectivity index (χ0n) is 12.7. The van der Waals surface area contributed by atoms with Crippen LogP contribution in [-0.2, 0) is 16.6 Å². The van der Waals surface area contributed by atoms with Crippen molar-refractivity contribution >= 4 is 21.6 Å². The van der Waals surface area contributed by atoms with E-state index in [-0.39, 0.29) is 11.4 Å². The van der Waals surface area contributed by atoms with Gasteiger partial charge in [0.05, 0.1) is 23.4 Å². The molecular formula is C16H14ClN3O3S. The maximum absolute atomic E-state index is 12.5. The van der Waals surface area contributed by atoms with Crippen molar-refractivity contribution in [2.24, 2.45) is 0 Å². The van der Waals surface area contributed by atoms with Crippen molar-refractivity contribution in [1.29, 1.82) is 0 Å². The Morgan fingerprint density at radius 2 is 1.96 bits per heavy atom. The highest BCUT2D eigenvalue weighted by Crippen LogP contribution is 2.24. The molecule has 2 heterocycles. The van der Waals surface area contributed by atoms with Crippen LogP contribution in [0.15, 0.2) is 58.3 Å². The normalized spacial score (nSPS) is 11.6. The Bertz CT molecular complexity index is 956. The number of halogens is 1. The van der Waals surface area contributed by atoms with Gasteiger partial charge in [0, 0.05) is 17.4 Å². The molecule has 0 aliphatic carbocycles. The molecule has 0 fully saturated rings. The van der Waals surface area contributed by atoms with Crippen molar-refractivity contribution in [3.8, 4) is 11.5 Å². The summed E-state index contributed by atoms with van der Waals surface area (Å²) < 4.78 is 32.9. The molecule has 3 aromatic rings. The van der Waals surface area contributed by atoms with Gasteiger partial charge in [-0.1, -0.05) is 17.7 Å². The smallest absolute Gasteiger partial charge is 0.241 e. The van der Waals surface area contributed by atoms with Gasteiger partial charge in [0.25, 0.3) is 0 Å². The van der Waals surface area contributed by atoms with E-state index in [9.17, 15) is 8.42 Å². The van der Waals surface area contributed by atoms with Crippen LogP contribution in [0.3, 0.4) is 0 Å². The summed E-state index contributed by atoms with van der Waals surface area (Å²) in [7, 11) is -3.73. The molecular weight excluding hydrogens is 350 g/mol. The Morgan fingerprint density at radius 1 is 1.17 bits per heavy atom. The monoisotopic (exact) mass is 363 g/mol. The lowest BCUT2D eigenvalue weighted by atomic mass is 10.2. The first-order chi connectivity index (χ1) is 11.5. The second kappa shape index (κ2) is 6.72. The first-order valence-corrected chi connectivity index (χ1v) is 8.93. The predicted octanol–water partition coefficient (Wildman–Crippen LogP) is 3.18. The number of hydrogen-bond acceptors (Lipinski definition) is 5. The molecule has 1 aromatic carbocycles. The van der Waals surface area contributed by atoms with E-state index in [4.69, 9.17) is 16.0 Å². The van der Waals surface area contributed by atoms with Crippen molar-refractivity contribution in [2.75, 3.05) is 0 Å². The van der Waals surface area contributed by atoms with E-state index in [2.05, 4.69) is 14.7 Å². The van der Waals surface area contributed by atoms with E-state index >= 15 is 0 Å². The molecule has 0 saturated heterocycles. The van der Waals surface area contributed by atoms with Crippen LogP contribution in [0.4, 0.5) is 0 Å². The summed E-state index contributed by atoms with van der Waals surface area (Å²) in [6.07, 6.45) is 4.55. The molecule has 24 heavy (non-hydrogen) atoms. The summed E-state index contributed by atoms with van der Waals surface area (Å²) >= 11 is 6.00. The van der Waals surface area contributed by atoms with E-state index < -0.39 is 10.0 Å². The molecule has 0 radical (unpaired) electrons. The highest BCUT2D eigenvalue weighted by atomic mass is 35.5. The van der Waals surface area contributed by atoms with E-state index in [1.54, 1.807) is 31.2 Å². The van der Waals surface area contributed by atoms with Crippen molar-refractivity contribution in [3.63, 3.8) is 0 Å². The highest BCUT2D eigenvalue weighted by molar-refractivity contribution is 7.89. The number of sulfonamides is 1. The number of aromatic nitrogens is 2. The second-order valence-electron chi connectivity index (χ2n) is 5.02. The fraction of sp³-hybridized carbons (Fsp3) is 0.125. The Labute approximate surface area is 144 Å². The third kappa shape index (κ3) is 3.33. The van der Waals surface area contributed by atoms with Gasteiger partial charge in [0.2, 0.25) is 10.0 Å². The minimum Gasteiger partial charge on any atom is -0.463 e. The van der Waals surface area contributed by atoms with Crippen LogP contribution in [0.5, 0.6) is 0 Å². The average Bonchev–Trinajstić information content (AvgIpc) is 3.10. The van der Waals surface area contributed by atoms with Crippen LogP contribution >= 0.6 is 11.6 Å². The number of nitrogens with zero attached hydrogens (tertiary/aromatic N) is 2. The van der Waals surface area contributed by atoms with Gasteiger partial charge >= 0.3 is 0 Å². The lowest BCUT2D eigenvalue weighted by molar-refractivity contribution is 0.573. The minimum absolute atomic E-state index is 0.0157. The molecule has 0 aliphatic rings. The number of nitrogens with one attached hydrogen (secondary N) is 1. The van der Waals surface area contributed by atoms with Gasteiger partial charge in [0.15, 0.2) is 5.76 Å². The minimum atomic E-state index is -3.73. The molecule has 0 atom stereocenters. The van der Waals surface area contributed by atoms with E-state index in [1.165, 1.54) is 24.7 Å². The van der Waals surface area contributed by atoms with Gasteiger partial charge in [-0.2, -0.15) is 0 Å². The van der Waals surface area contributed by atoms with Gasteiger partial charge in [-0.15, -0.1) is 0 Å². The largest absolute Gasteiger partial charge is 0.463 e. The number of furan rings is 1. The number of benzene rings is 1. The fourth-order valence-electron chi connectivity index (χ4n) is 2.24. The van der Waals surface area contributed by atoms with Crippen molar-refractivity contribution in [1.82, 2.24) is 14.7 Å². The second-order valence-corrected chi connectivity index (χ2v) is 7.16. The average molecular weight is 364 g/mol. The van der Waals surface area contributed by atoms with Crippen LogP contribution in [-0.4, -0.2) is 18.4 Å². The zero-order valence-corrected chi connectivity index (χ0v) is 14.3. The molecule has 0 unspecified atom stereocenters.